The Kier molecular flexibility index (Phi) is 5.99. The van der Waals surface area contributed by atoms with Crippen LogP contribution in [-0.2, 0) is 6.54 Å². The molecule has 3 nitrogen and oxygen atoms in total. The molecule has 1 aliphatic rings. The quantitative estimate of drug-likeness (QED) is 0.934. The Morgan fingerprint density at radius 1 is 1.30 bits per heavy atom. The van der Waals surface area contributed by atoms with Crippen LogP contribution in [0.3, 0.4) is 0 Å². The van der Waals surface area contributed by atoms with Crippen molar-refractivity contribution < 1.29 is 0 Å². The van der Waals surface area contributed by atoms with Gasteiger partial charge in [-0.2, -0.15) is 11.3 Å². The lowest BCUT2D eigenvalue weighted by atomic mass is 9.97. The van der Waals surface area contributed by atoms with Crippen molar-refractivity contribution in [2.45, 2.75) is 19.4 Å². The van der Waals surface area contributed by atoms with Gasteiger partial charge in [-0.1, -0.05) is 0 Å². The average Bonchev–Trinajstić information content (AvgIpc) is 3.10. The molecule has 0 unspecified atom stereocenters. The number of nitrogens with zero attached hydrogens (tertiary/aromatic N) is 2. The van der Waals surface area contributed by atoms with E-state index in [9.17, 15) is 0 Å². The fraction of sp³-hybridized carbons (Fsp3) is 0.500. The number of aromatic nitrogens is 1. The van der Waals surface area contributed by atoms with E-state index in [1.165, 1.54) is 24.1 Å². The lowest BCUT2D eigenvalue weighted by Gasteiger charge is -2.30. The van der Waals surface area contributed by atoms with E-state index >= 15 is 0 Å². The number of likely N-dealkylation sites (tertiary alicyclic amines) is 1. The molecule has 3 rings (SSSR count). The normalized spacial score (nSPS) is 17.1. The number of halogens is 1. The first-order valence-corrected chi connectivity index (χ1v) is 8.57. The minimum absolute atomic E-state index is 0. The van der Waals surface area contributed by atoms with Crippen molar-refractivity contribution in [2.24, 2.45) is 11.7 Å². The molecular weight excluding hydrogens is 310 g/mol. The van der Waals surface area contributed by atoms with Crippen LogP contribution in [0.25, 0.3) is 10.6 Å². The predicted molar refractivity (Wildman–Crippen MR) is 89.7 cm³/mol. The molecule has 1 aliphatic heterocycles. The van der Waals surface area contributed by atoms with Gasteiger partial charge in [0.15, 0.2) is 0 Å². The molecule has 0 spiro atoms. The summed E-state index contributed by atoms with van der Waals surface area (Å²) in [4.78, 5) is 7.24. The molecule has 0 aromatic carbocycles. The topological polar surface area (TPSA) is 42.1 Å². The molecule has 6 heteroatoms. The molecule has 20 heavy (non-hydrogen) atoms. The largest absolute Gasteiger partial charge is 0.330 e. The molecule has 1 fully saturated rings. The maximum atomic E-state index is 5.73. The number of nitrogens with two attached hydrogens (primary N) is 1. The van der Waals surface area contributed by atoms with Gasteiger partial charge in [0.05, 0.1) is 5.69 Å². The Morgan fingerprint density at radius 2 is 2.10 bits per heavy atom. The first-order valence-electron chi connectivity index (χ1n) is 6.74. The van der Waals surface area contributed by atoms with Gasteiger partial charge in [0.25, 0.3) is 0 Å². The second-order valence-corrected chi connectivity index (χ2v) is 6.75. The Hall–Kier alpha value is -0.460. The van der Waals surface area contributed by atoms with Gasteiger partial charge in [-0.25, -0.2) is 4.98 Å². The van der Waals surface area contributed by atoms with Gasteiger partial charge in [-0.15, -0.1) is 23.7 Å². The summed E-state index contributed by atoms with van der Waals surface area (Å²) in [5.74, 6) is 0.730. The average molecular weight is 330 g/mol. The van der Waals surface area contributed by atoms with Gasteiger partial charge >= 0.3 is 0 Å². The number of thiazole rings is 1. The molecule has 2 aromatic heterocycles. The summed E-state index contributed by atoms with van der Waals surface area (Å²) in [5.41, 5.74) is 8.19. The fourth-order valence-corrected chi connectivity index (χ4v) is 4.03. The van der Waals surface area contributed by atoms with Crippen molar-refractivity contribution in [1.29, 1.82) is 0 Å². The molecule has 1 saturated heterocycles. The minimum atomic E-state index is 0. The summed E-state index contributed by atoms with van der Waals surface area (Å²) >= 11 is 3.48. The summed E-state index contributed by atoms with van der Waals surface area (Å²) in [5, 5.41) is 7.61. The van der Waals surface area contributed by atoms with Crippen molar-refractivity contribution in [3.8, 4) is 10.6 Å². The highest BCUT2D eigenvalue weighted by atomic mass is 35.5. The van der Waals surface area contributed by atoms with Gasteiger partial charge < -0.3 is 5.73 Å². The van der Waals surface area contributed by atoms with Crippen molar-refractivity contribution in [2.75, 3.05) is 19.6 Å². The van der Waals surface area contributed by atoms with E-state index in [1.807, 2.05) is 0 Å². The van der Waals surface area contributed by atoms with E-state index in [-0.39, 0.29) is 12.4 Å². The van der Waals surface area contributed by atoms with Crippen LogP contribution < -0.4 is 5.73 Å². The Bertz CT molecular complexity index is 504. The standard InChI is InChI=1S/C14H19N3S2.ClH/c15-7-11-1-4-17(5-2-11)8-13-10-19-14(16-13)12-3-6-18-9-12;/h3,6,9-11H,1-2,4-5,7-8,15H2;1H. The van der Waals surface area contributed by atoms with Crippen LogP contribution in [0, 0.1) is 5.92 Å². The van der Waals surface area contributed by atoms with Crippen LogP contribution in [-0.4, -0.2) is 29.5 Å². The van der Waals surface area contributed by atoms with Gasteiger partial charge in [-0.05, 0) is 49.8 Å². The Balaban J connectivity index is 0.00000147. The summed E-state index contributed by atoms with van der Waals surface area (Å²) in [6, 6.07) is 2.14. The lowest BCUT2D eigenvalue weighted by molar-refractivity contribution is 0.179. The van der Waals surface area contributed by atoms with E-state index in [4.69, 9.17) is 10.7 Å². The zero-order chi connectivity index (χ0) is 13.1. The van der Waals surface area contributed by atoms with E-state index in [2.05, 4.69) is 27.1 Å². The van der Waals surface area contributed by atoms with Gasteiger partial charge in [-0.3, -0.25) is 4.90 Å². The molecule has 2 aromatic rings. The molecule has 3 heterocycles. The molecule has 2 N–H and O–H groups in total. The Morgan fingerprint density at radius 3 is 2.75 bits per heavy atom. The predicted octanol–water partition coefficient (Wildman–Crippen LogP) is 3.46. The molecule has 0 saturated carbocycles. The highest BCUT2D eigenvalue weighted by Gasteiger charge is 2.18. The molecule has 0 radical (unpaired) electrons. The van der Waals surface area contributed by atoms with Crippen molar-refractivity contribution in [3.63, 3.8) is 0 Å². The fourth-order valence-electron chi connectivity index (χ4n) is 2.51. The lowest BCUT2D eigenvalue weighted by Crippen LogP contribution is -2.35. The highest BCUT2D eigenvalue weighted by molar-refractivity contribution is 7.14. The third kappa shape index (κ3) is 3.80. The van der Waals surface area contributed by atoms with Crippen LogP contribution in [0.1, 0.15) is 18.5 Å². The zero-order valence-electron chi connectivity index (χ0n) is 11.3. The highest BCUT2D eigenvalue weighted by Crippen LogP contribution is 2.26. The van der Waals surface area contributed by atoms with Crippen molar-refractivity contribution in [1.82, 2.24) is 9.88 Å². The molecule has 0 aliphatic carbocycles. The van der Waals surface area contributed by atoms with Gasteiger partial charge in [0.1, 0.15) is 5.01 Å². The van der Waals surface area contributed by atoms with Crippen LogP contribution in [0.2, 0.25) is 0 Å². The van der Waals surface area contributed by atoms with Crippen LogP contribution in [0.4, 0.5) is 0 Å². The molecule has 0 bridgehead atoms. The summed E-state index contributed by atoms with van der Waals surface area (Å²) in [6.07, 6.45) is 2.47. The SMILES string of the molecule is Cl.NCC1CCN(Cc2csc(-c3ccsc3)n2)CC1. The Labute approximate surface area is 134 Å². The third-order valence-electron chi connectivity index (χ3n) is 3.75. The van der Waals surface area contributed by atoms with E-state index in [1.54, 1.807) is 22.7 Å². The second-order valence-electron chi connectivity index (χ2n) is 5.11. The van der Waals surface area contributed by atoms with Gasteiger partial charge in [0.2, 0.25) is 0 Å². The maximum absolute atomic E-state index is 5.73. The molecular formula is C14H20ClN3S2. The number of rotatable bonds is 4. The van der Waals surface area contributed by atoms with Crippen LogP contribution in [0.15, 0.2) is 22.2 Å². The number of piperidine rings is 1. The summed E-state index contributed by atoms with van der Waals surface area (Å²) in [7, 11) is 0. The first kappa shape index (κ1) is 15.9. The third-order valence-corrected chi connectivity index (χ3v) is 5.37. The van der Waals surface area contributed by atoms with Crippen molar-refractivity contribution in [3.05, 3.63) is 27.9 Å². The number of hydrogen-bond acceptors (Lipinski definition) is 5. The number of thiophene rings is 1. The van der Waals surface area contributed by atoms with E-state index < -0.39 is 0 Å². The van der Waals surface area contributed by atoms with E-state index in [0.717, 1.165) is 37.1 Å². The van der Waals surface area contributed by atoms with Crippen LogP contribution >= 0.6 is 35.1 Å². The van der Waals surface area contributed by atoms with Gasteiger partial charge in [0, 0.05) is 22.9 Å². The van der Waals surface area contributed by atoms with Crippen LogP contribution in [0.5, 0.6) is 0 Å². The molecule has 110 valence electrons. The number of hydrogen-bond donors (Lipinski definition) is 1. The summed E-state index contributed by atoms with van der Waals surface area (Å²) in [6.45, 7) is 4.14. The second kappa shape index (κ2) is 7.52. The van der Waals surface area contributed by atoms with E-state index in [0.29, 0.717) is 0 Å². The zero-order valence-corrected chi connectivity index (χ0v) is 13.8. The monoisotopic (exact) mass is 329 g/mol. The smallest absolute Gasteiger partial charge is 0.124 e. The minimum Gasteiger partial charge on any atom is -0.330 e. The molecule has 0 atom stereocenters. The van der Waals surface area contributed by atoms with Crippen molar-refractivity contribution >= 4 is 35.1 Å². The first-order chi connectivity index (χ1) is 9.35. The summed E-state index contributed by atoms with van der Waals surface area (Å²) < 4.78 is 0. The molecule has 0 amide bonds. The maximum Gasteiger partial charge on any atom is 0.124 e.